The van der Waals surface area contributed by atoms with Gasteiger partial charge in [-0.15, -0.1) is 0 Å². The quantitative estimate of drug-likeness (QED) is 0.172. The third-order valence-corrected chi connectivity index (χ3v) is 11.1. The summed E-state index contributed by atoms with van der Waals surface area (Å²) < 4.78 is 45.4. The number of nitrogen functional groups attached to an aromatic ring is 2. The fraction of sp³-hybridized carbons (Fsp3) is 0.500. The highest BCUT2D eigenvalue weighted by molar-refractivity contribution is 8.07. The van der Waals surface area contributed by atoms with Crippen LogP contribution in [0.5, 0.6) is 0 Å². The summed E-state index contributed by atoms with van der Waals surface area (Å²) in [5.74, 6) is -0.135. The molecule has 0 amide bonds. The van der Waals surface area contributed by atoms with E-state index in [0.717, 1.165) is 0 Å². The van der Waals surface area contributed by atoms with Gasteiger partial charge in [-0.1, -0.05) is 0 Å². The first-order valence-electron chi connectivity index (χ1n) is 13.5. The molecule has 4 saturated heterocycles. The zero-order valence-electron chi connectivity index (χ0n) is 22.8. The molecule has 8 heterocycles. The fourth-order valence-electron chi connectivity index (χ4n) is 6.05. The summed E-state index contributed by atoms with van der Waals surface area (Å²) in [4.78, 5) is 54.3. The summed E-state index contributed by atoms with van der Waals surface area (Å²) in [6.07, 6.45) is -0.837. The van der Waals surface area contributed by atoms with Gasteiger partial charge in [0.05, 0.1) is 44.3 Å². The molecule has 23 heteroatoms. The van der Waals surface area contributed by atoms with E-state index in [1.165, 1.54) is 23.4 Å². The van der Waals surface area contributed by atoms with E-state index in [9.17, 15) is 14.6 Å². The number of nitrogens with zero attached hydrogens (tertiary/aromatic N) is 6. The van der Waals surface area contributed by atoms with Crippen LogP contribution in [0.25, 0.3) is 22.3 Å². The van der Waals surface area contributed by atoms with Gasteiger partial charge in [0.2, 0.25) is 5.95 Å². The van der Waals surface area contributed by atoms with E-state index in [0.29, 0.717) is 16.9 Å². The molecule has 4 aromatic rings. The summed E-state index contributed by atoms with van der Waals surface area (Å²) in [5.41, 5.74) is 11.3. The van der Waals surface area contributed by atoms with E-state index in [1.807, 2.05) is 0 Å². The minimum absolute atomic E-state index is 0.0111. The molecule has 240 valence electrons. The third kappa shape index (κ3) is 5.03. The lowest BCUT2D eigenvalue weighted by atomic mass is 10.0. The van der Waals surface area contributed by atoms with Crippen molar-refractivity contribution in [2.75, 3.05) is 31.3 Å². The van der Waals surface area contributed by atoms with Gasteiger partial charge in [-0.25, -0.2) is 15.0 Å². The second-order valence-electron chi connectivity index (χ2n) is 10.9. The molecule has 19 nitrogen and oxygen atoms in total. The van der Waals surface area contributed by atoms with Gasteiger partial charge in [0.25, 0.3) is 5.56 Å². The molecule has 4 fully saturated rings. The van der Waals surface area contributed by atoms with E-state index in [4.69, 9.17) is 67.4 Å². The van der Waals surface area contributed by atoms with Crippen LogP contribution in [0.4, 0.5) is 11.6 Å². The molecule has 0 spiro atoms. The molecule has 4 aromatic heterocycles. The summed E-state index contributed by atoms with van der Waals surface area (Å²) in [6, 6.07) is 1.62. The van der Waals surface area contributed by atoms with Crippen LogP contribution in [0.15, 0.2) is 29.7 Å². The summed E-state index contributed by atoms with van der Waals surface area (Å²) in [7, 11) is 0. The molecule has 7 N–H and O–H groups in total. The number of hydrogen-bond donors (Lipinski definition) is 5. The lowest BCUT2D eigenvalue weighted by Crippen LogP contribution is -2.45. The Labute approximate surface area is 262 Å². The first-order chi connectivity index (χ1) is 21.4. The molecule has 0 radical (unpaired) electrons. The minimum atomic E-state index is -4.01. The maximum Gasteiger partial charge on any atom is 0.325 e. The normalized spacial score (nSPS) is 38.6. The van der Waals surface area contributed by atoms with E-state index in [1.54, 1.807) is 10.6 Å². The Bertz CT molecular complexity index is 1990. The molecule has 9 atom stereocenters. The van der Waals surface area contributed by atoms with Crippen molar-refractivity contribution in [1.29, 1.82) is 0 Å². The highest BCUT2D eigenvalue weighted by Gasteiger charge is 2.65. The zero-order valence-corrected chi connectivity index (χ0v) is 26.2. The molecule has 4 aliphatic heterocycles. The Hall–Kier alpha value is -2.49. The molecule has 45 heavy (non-hydrogen) atoms. The molecule has 0 saturated carbocycles. The fourth-order valence-corrected chi connectivity index (χ4v) is 8.99. The van der Waals surface area contributed by atoms with Crippen LogP contribution in [-0.4, -0.2) is 93.7 Å². The number of hydrogen-bond acceptors (Lipinski definition) is 16. The Kier molecular flexibility index (Phi) is 6.98. The third-order valence-electron chi connectivity index (χ3n) is 8.02. The maximum absolute atomic E-state index is 12.4. The Morgan fingerprint density at radius 3 is 2.58 bits per heavy atom. The van der Waals surface area contributed by atoms with Gasteiger partial charge >= 0.3 is 13.4 Å². The monoisotopic (exact) mass is 701 g/mol. The van der Waals surface area contributed by atoms with Crippen molar-refractivity contribution in [1.82, 2.24) is 34.1 Å². The Morgan fingerprint density at radius 1 is 1.00 bits per heavy atom. The van der Waals surface area contributed by atoms with E-state index >= 15 is 0 Å². The van der Waals surface area contributed by atoms with Crippen LogP contribution >= 0.6 is 13.4 Å². The molecule has 4 bridgehead atoms. The van der Waals surface area contributed by atoms with Crippen LogP contribution in [0.3, 0.4) is 0 Å². The lowest BCUT2D eigenvalue weighted by molar-refractivity contribution is -0.183. The predicted octanol–water partition coefficient (Wildman–Crippen LogP) is -0.0664. The number of ether oxygens (including phenoxy) is 3. The first-order valence-corrected chi connectivity index (χ1v) is 18.7. The minimum Gasteiger partial charge on any atom is -0.397 e. The van der Waals surface area contributed by atoms with Gasteiger partial charge < -0.3 is 49.0 Å². The second-order valence-corrected chi connectivity index (χ2v) is 16.5. The number of anilines is 2. The number of fused-ring (bicyclic) bond motifs is 4. The molecule has 8 rings (SSSR count). The van der Waals surface area contributed by atoms with Crippen molar-refractivity contribution in [3.63, 3.8) is 0 Å². The summed E-state index contributed by atoms with van der Waals surface area (Å²) >= 11 is 10.8. The lowest BCUT2D eigenvalue weighted by Gasteiger charge is -2.33. The van der Waals surface area contributed by atoms with Gasteiger partial charge in [-0.05, 0) is 29.7 Å². The number of rotatable bonds is 2. The van der Waals surface area contributed by atoms with Crippen molar-refractivity contribution >= 4 is 71.0 Å². The van der Waals surface area contributed by atoms with Crippen molar-refractivity contribution in [2.45, 2.75) is 48.9 Å². The van der Waals surface area contributed by atoms with E-state index < -0.39 is 61.5 Å². The average Bonchev–Trinajstić information content (AvgIpc) is 3.79. The number of aromatic nitrogens is 7. The molecule has 2 unspecified atom stereocenters. The topological polar surface area (TPSA) is 251 Å². The van der Waals surface area contributed by atoms with Crippen LogP contribution in [0, 0.1) is 0 Å². The number of H-pyrrole nitrogens is 1. The van der Waals surface area contributed by atoms with Gasteiger partial charge in [0, 0.05) is 12.6 Å². The zero-order chi connectivity index (χ0) is 31.3. The largest absolute Gasteiger partial charge is 0.397 e. The van der Waals surface area contributed by atoms with Crippen molar-refractivity contribution < 1.29 is 42.1 Å². The predicted molar refractivity (Wildman–Crippen MR) is 160 cm³/mol. The number of nitrogens with two attached hydrogens (primary N) is 2. The van der Waals surface area contributed by atoms with Crippen LogP contribution in [-0.2, 0) is 55.9 Å². The Morgan fingerprint density at radius 2 is 1.76 bits per heavy atom. The molecule has 4 aliphatic rings. The van der Waals surface area contributed by atoms with Gasteiger partial charge in [0.1, 0.15) is 29.4 Å². The van der Waals surface area contributed by atoms with Crippen molar-refractivity contribution in [2.24, 2.45) is 0 Å². The smallest absolute Gasteiger partial charge is 0.325 e. The van der Waals surface area contributed by atoms with Crippen molar-refractivity contribution in [3.05, 3.63) is 35.3 Å². The Balaban J connectivity index is 1.12. The highest BCUT2D eigenvalue weighted by Crippen LogP contribution is 2.58. The molecule has 0 aliphatic carbocycles. The van der Waals surface area contributed by atoms with Gasteiger partial charge in [0.15, 0.2) is 29.3 Å². The highest BCUT2D eigenvalue weighted by atomic mass is 32.5. The van der Waals surface area contributed by atoms with Gasteiger partial charge in [-0.3, -0.25) is 23.4 Å². The summed E-state index contributed by atoms with van der Waals surface area (Å²) in [5, 5.41) is 0. The number of imidazole rings is 2. The number of pyridine rings is 1. The SMILES string of the molecule is Nc1nc2c(ncn2[C@@H]2O[C@@H]3COP(O)(=S)O[C@H]4[C@H]5OC[C@]4(COP(O)(=S)O[C@@H]2C3)O[C@H]5n2cnc3c(N)ccnc32)c(=O)[nH]1. The average molecular weight is 702 g/mol. The maximum atomic E-state index is 12.4. The van der Waals surface area contributed by atoms with Crippen LogP contribution < -0.4 is 17.0 Å². The van der Waals surface area contributed by atoms with Gasteiger partial charge in [-0.2, -0.15) is 4.98 Å². The van der Waals surface area contributed by atoms with E-state index in [-0.39, 0.29) is 43.4 Å². The standard InChI is InChI=1S/C22H25N9O10P2S2/c23-10-1-2-25-16-12(10)26-7-30(16)20-14-15-22(39-20,5-35-14)6-37-43(34,45)40-11-3-9(4-36-42(33,44)41-15)38-19(11)31-8-27-13-17(31)28-21(24)29-18(13)32/h1-2,7-9,11,14-15,19-20H,3-6H2,(H2,23,25)(H,33,44)(H,34,45)(H3,24,28,29,32)/t9-,11+,14+,15-,19+,20+,22+,42?,43?/m0/s1. The number of aromatic amines is 1. The number of nitrogens with one attached hydrogen (secondary N) is 1. The molecular weight excluding hydrogens is 676 g/mol. The van der Waals surface area contributed by atoms with E-state index in [2.05, 4.69) is 24.9 Å². The molecule has 0 aromatic carbocycles. The summed E-state index contributed by atoms with van der Waals surface area (Å²) in [6.45, 7) is -8.60. The first kappa shape index (κ1) is 29.9. The second kappa shape index (κ2) is 10.5. The molecular formula is C22H25N9O10P2S2. The van der Waals surface area contributed by atoms with Crippen molar-refractivity contribution in [3.8, 4) is 0 Å². The van der Waals surface area contributed by atoms with Crippen LogP contribution in [0.1, 0.15) is 18.9 Å². The van der Waals surface area contributed by atoms with Crippen LogP contribution in [0.2, 0.25) is 0 Å².